The monoisotopic (exact) mass is 443 g/mol. The van der Waals surface area contributed by atoms with E-state index in [1.165, 1.54) is 0 Å². The average molecular weight is 444 g/mol. The molecule has 31 heavy (non-hydrogen) atoms. The van der Waals surface area contributed by atoms with Crippen molar-refractivity contribution in [2.45, 2.75) is 71.0 Å². The molecule has 2 aromatic carbocycles. The predicted octanol–water partition coefficient (Wildman–Crippen LogP) is 4.69. The summed E-state index contributed by atoms with van der Waals surface area (Å²) in [6.45, 7) is 11.3. The van der Waals surface area contributed by atoms with Gasteiger partial charge in [0.1, 0.15) is 0 Å². The number of carbonyl (C=O) groups is 2. The molecule has 0 radical (unpaired) electrons. The third-order valence-corrected chi connectivity index (χ3v) is 7.45. The summed E-state index contributed by atoms with van der Waals surface area (Å²) in [6.07, 6.45) is 0.218. The van der Waals surface area contributed by atoms with E-state index in [1.807, 2.05) is 44.7 Å². The zero-order chi connectivity index (χ0) is 23.3. The standard InChI is InChI=1S/C25H33NO4S/c1-17(2)26(18(3)4)25(28)23-13-7-20(8-14-23)15-24(27)22-11-9-21(10-12-22)16-31(29,30)19(5)6/h7-14,17-19H,15-16H2,1-6H3. The molecular formula is C25H33NO4S. The van der Waals surface area contributed by atoms with Gasteiger partial charge in [0, 0.05) is 29.6 Å². The zero-order valence-electron chi connectivity index (χ0n) is 19.3. The smallest absolute Gasteiger partial charge is 0.254 e. The Balaban J connectivity index is 2.07. The van der Waals surface area contributed by atoms with Crippen LogP contribution in [0.3, 0.4) is 0 Å². The van der Waals surface area contributed by atoms with Crippen LogP contribution in [0.15, 0.2) is 48.5 Å². The molecule has 5 nitrogen and oxygen atoms in total. The highest BCUT2D eigenvalue weighted by molar-refractivity contribution is 7.91. The molecule has 0 unspecified atom stereocenters. The normalized spacial score (nSPS) is 11.9. The number of benzene rings is 2. The molecule has 0 aliphatic carbocycles. The first-order valence-corrected chi connectivity index (χ1v) is 12.4. The van der Waals surface area contributed by atoms with Crippen LogP contribution >= 0.6 is 0 Å². The van der Waals surface area contributed by atoms with Gasteiger partial charge in [-0.1, -0.05) is 36.4 Å². The van der Waals surface area contributed by atoms with Crippen LogP contribution in [-0.4, -0.2) is 42.3 Å². The Bertz CT molecular complexity index is 996. The summed E-state index contributed by atoms with van der Waals surface area (Å²) in [5, 5.41) is -0.434. The van der Waals surface area contributed by atoms with Crippen molar-refractivity contribution in [2.24, 2.45) is 0 Å². The number of hydrogen-bond donors (Lipinski definition) is 0. The highest BCUT2D eigenvalue weighted by Gasteiger charge is 2.21. The third-order valence-electron chi connectivity index (χ3n) is 5.27. The van der Waals surface area contributed by atoms with Crippen molar-refractivity contribution >= 4 is 21.5 Å². The number of carbonyl (C=O) groups excluding carboxylic acids is 2. The van der Waals surface area contributed by atoms with Gasteiger partial charge in [0.15, 0.2) is 15.6 Å². The second kappa shape index (κ2) is 10.2. The maximum Gasteiger partial charge on any atom is 0.254 e. The van der Waals surface area contributed by atoms with E-state index in [4.69, 9.17) is 0 Å². The van der Waals surface area contributed by atoms with Crippen LogP contribution in [0.4, 0.5) is 0 Å². The van der Waals surface area contributed by atoms with E-state index in [0.29, 0.717) is 16.7 Å². The van der Waals surface area contributed by atoms with E-state index in [-0.39, 0.29) is 35.9 Å². The molecule has 0 heterocycles. The molecule has 168 valence electrons. The highest BCUT2D eigenvalue weighted by Crippen LogP contribution is 2.16. The molecule has 0 spiro atoms. The number of rotatable bonds is 9. The van der Waals surface area contributed by atoms with Gasteiger partial charge >= 0.3 is 0 Å². The fourth-order valence-electron chi connectivity index (χ4n) is 3.45. The minimum absolute atomic E-state index is 0.0187. The first kappa shape index (κ1) is 24.8. The number of sulfone groups is 1. The molecule has 2 rings (SSSR count). The van der Waals surface area contributed by atoms with Crippen molar-refractivity contribution < 1.29 is 18.0 Å². The summed E-state index contributed by atoms with van der Waals surface area (Å²) in [6, 6.07) is 14.1. The minimum atomic E-state index is -3.18. The lowest BCUT2D eigenvalue weighted by molar-refractivity contribution is 0.0643. The van der Waals surface area contributed by atoms with Gasteiger partial charge in [-0.25, -0.2) is 8.42 Å². The van der Waals surface area contributed by atoms with Gasteiger partial charge in [0.25, 0.3) is 5.91 Å². The highest BCUT2D eigenvalue weighted by atomic mass is 32.2. The maximum absolute atomic E-state index is 12.8. The van der Waals surface area contributed by atoms with E-state index < -0.39 is 15.1 Å². The van der Waals surface area contributed by atoms with Crippen molar-refractivity contribution in [1.29, 1.82) is 0 Å². The summed E-state index contributed by atoms with van der Waals surface area (Å²) in [5.74, 6) is -0.101. The second-order valence-electron chi connectivity index (χ2n) is 8.75. The number of amides is 1. The second-order valence-corrected chi connectivity index (χ2v) is 11.3. The Morgan fingerprint density at radius 3 is 1.65 bits per heavy atom. The summed E-state index contributed by atoms with van der Waals surface area (Å²) >= 11 is 0. The lowest BCUT2D eigenvalue weighted by Crippen LogP contribution is -2.42. The molecule has 0 aliphatic rings. The lowest BCUT2D eigenvalue weighted by atomic mass is 10.0. The largest absolute Gasteiger partial charge is 0.334 e. The SMILES string of the molecule is CC(C)N(C(=O)c1ccc(CC(=O)c2ccc(CS(=O)(=O)C(C)C)cc2)cc1)C(C)C. The van der Waals surface area contributed by atoms with Gasteiger partial charge < -0.3 is 4.90 Å². The molecule has 0 saturated heterocycles. The van der Waals surface area contributed by atoms with Gasteiger partial charge in [0.2, 0.25) is 0 Å². The molecule has 0 saturated carbocycles. The van der Waals surface area contributed by atoms with Crippen LogP contribution in [0.25, 0.3) is 0 Å². The van der Waals surface area contributed by atoms with Crippen LogP contribution < -0.4 is 0 Å². The summed E-state index contributed by atoms with van der Waals surface area (Å²) in [7, 11) is -3.18. The lowest BCUT2D eigenvalue weighted by Gasteiger charge is -2.30. The number of nitrogens with zero attached hydrogens (tertiary/aromatic N) is 1. The molecule has 0 bridgehead atoms. The Morgan fingerprint density at radius 2 is 1.19 bits per heavy atom. The predicted molar refractivity (Wildman–Crippen MR) is 125 cm³/mol. The van der Waals surface area contributed by atoms with Crippen molar-refractivity contribution in [3.8, 4) is 0 Å². The summed E-state index contributed by atoms with van der Waals surface area (Å²) in [5.41, 5.74) is 2.65. The maximum atomic E-state index is 12.8. The van der Waals surface area contributed by atoms with Crippen LogP contribution in [0.1, 0.15) is 73.4 Å². The molecule has 2 aromatic rings. The van der Waals surface area contributed by atoms with E-state index in [2.05, 4.69) is 0 Å². The van der Waals surface area contributed by atoms with E-state index in [1.54, 1.807) is 50.2 Å². The first-order valence-electron chi connectivity index (χ1n) is 10.7. The Labute approximate surface area is 186 Å². The molecule has 0 aromatic heterocycles. The van der Waals surface area contributed by atoms with Crippen molar-refractivity contribution in [1.82, 2.24) is 4.90 Å². The minimum Gasteiger partial charge on any atom is -0.334 e. The number of ketones is 1. The van der Waals surface area contributed by atoms with Crippen molar-refractivity contribution in [3.63, 3.8) is 0 Å². The van der Waals surface area contributed by atoms with Crippen LogP contribution in [0.2, 0.25) is 0 Å². The van der Waals surface area contributed by atoms with Crippen LogP contribution in [0, 0.1) is 0 Å². The topological polar surface area (TPSA) is 71.5 Å². The van der Waals surface area contributed by atoms with Crippen LogP contribution in [0.5, 0.6) is 0 Å². The summed E-state index contributed by atoms with van der Waals surface area (Å²) < 4.78 is 24.1. The summed E-state index contributed by atoms with van der Waals surface area (Å²) in [4.78, 5) is 27.2. The third kappa shape index (κ3) is 6.50. The number of Topliss-reactive ketones (excluding diaryl/α,β-unsaturated/α-hetero) is 1. The van der Waals surface area contributed by atoms with E-state index in [0.717, 1.165) is 5.56 Å². The Kier molecular flexibility index (Phi) is 8.18. The average Bonchev–Trinajstić information content (AvgIpc) is 2.68. The first-order chi connectivity index (χ1) is 14.4. The Hall–Kier alpha value is -2.47. The fraction of sp³-hybridized carbons (Fsp3) is 0.440. The molecule has 0 N–H and O–H groups in total. The van der Waals surface area contributed by atoms with Gasteiger partial charge in [-0.15, -0.1) is 0 Å². The number of hydrogen-bond acceptors (Lipinski definition) is 4. The molecule has 1 amide bonds. The van der Waals surface area contributed by atoms with E-state index in [9.17, 15) is 18.0 Å². The zero-order valence-corrected chi connectivity index (χ0v) is 20.1. The fourth-order valence-corrected chi connectivity index (χ4v) is 4.44. The Morgan fingerprint density at radius 1 is 0.742 bits per heavy atom. The quantitative estimate of drug-likeness (QED) is 0.527. The van der Waals surface area contributed by atoms with Crippen LogP contribution in [-0.2, 0) is 22.0 Å². The van der Waals surface area contributed by atoms with Gasteiger partial charge in [0.05, 0.1) is 11.0 Å². The molecule has 6 heteroatoms. The van der Waals surface area contributed by atoms with Gasteiger partial charge in [-0.3, -0.25) is 9.59 Å². The van der Waals surface area contributed by atoms with Crippen molar-refractivity contribution in [2.75, 3.05) is 0 Å². The van der Waals surface area contributed by atoms with Gasteiger partial charge in [-0.05, 0) is 64.8 Å². The molecule has 0 fully saturated rings. The molecule has 0 aliphatic heterocycles. The molecular weight excluding hydrogens is 410 g/mol. The van der Waals surface area contributed by atoms with E-state index >= 15 is 0 Å². The molecule has 0 atom stereocenters. The van der Waals surface area contributed by atoms with Crippen molar-refractivity contribution in [3.05, 3.63) is 70.8 Å². The van der Waals surface area contributed by atoms with Gasteiger partial charge in [-0.2, -0.15) is 0 Å².